The summed E-state index contributed by atoms with van der Waals surface area (Å²) in [6, 6.07) is 19.0. The smallest absolute Gasteiger partial charge is 0.248 e. The molecule has 0 aliphatic rings. The number of H-pyrrole nitrogens is 1. The van der Waals surface area contributed by atoms with Crippen LogP contribution in [0.2, 0.25) is 0 Å². The van der Waals surface area contributed by atoms with Crippen LogP contribution < -0.4 is 5.32 Å². The molecule has 0 saturated heterocycles. The normalized spacial score (nSPS) is 11.2. The summed E-state index contributed by atoms with van der Waals surface area (Å²) < 4.78 is 5.15. The third-order valence-electron chi connectivity index (χ3n) is 3.76. The molecular formula is C20H15N3O2. The number of aromatic nitrogens is 2. The monoisotopic (exact) mass is 329 g/mol. The average molecular weight is 329 g/mol. The topological polar surface area (TPSA) is 70.9 Å². The molecule has 2 aromatic carbocycles. The Kier molecular flexibility index (Phi) is 3.88. The van der Waals surface area contributed by atoms with Gasteiger partial charge in [-0.25, -0.2) is 4.98 Å². The summed E-state index contributed by atoms with van der Waals surface area (Å²) in [5.41, 5.74) is 3.60. The standard InChI is InChI=1S/C20H15N3O2/c24-19(12-11-16-4-3-13-25-16)21-15-9-7-14(8-10-15)20-22-17-5-1-2-6-18(17)23-20/h1-13H,(H,21,24)(H,22,23)/b12-11+. The first-order chi connectivity index (χ1) is 12.3. The Bertz CT molecular complexity index is 995. The van der Waals surface area contributed by atoms with Crippen molar-refractivity contribution in [3.05, 3.63) is 78.8 Å². The maximum atomic E-state index is 11.9. The number of para-hydroxylation sites is 2. The van der Waals surface area contributed by atoms with Crippen LogP contribution in [0, 0.1) is 0 Å². The van der Waals surface area contributed by atoms with Crippen LogP contribution in [0.25, 0.3) is 28.5 Å². The van der Waals surface area contributed by atoms with E-state index in [4.69, 9.17) is 4.42 Å². The maximum absolute atomic E-state index is 11.9. The van der Waals surface area contributed by atoms with E-state index in [9.17, 15) is 4.79 Å². The Morgan fingerprint density at radius 2 is 1.88 bits per heavy atom. The highest BCUT2D eigenvalue weighted by Gasteiger charge is 2.05. The van der Waals surface area contributed by atoms with Crippen molar-refractivity contribution < 1.29 is 9.21 Å². The van der Waals surface area contributed by atoms with Crippen LogP contribution in [-0.2, 0) is 4.79 Å². The van der Waals surface area contributed by atoms with Gasteiger partial charge in [-0.3, -0.25) is 4.79 Å². The predicted molar refractivity (Wildman–Crippen MR) is 97.9 cm³/mol. The number of aromatic amines is 1. The molecule has 0 bridgehead atoms. The first-order valence-corrected chi connectivity index (χ1v) is 7.86. The Labute approximate surface area is 144 Å². The number of anilines is 1. The highest BCUT2D eigenvalue weighted by Crippen LogP contribution is 2.22. The van der Waals surface area contributed by atoms with Gasteiger partial charge in [-0.2, -0.15) is 0 Å². The predicted octanol–water partition coefficient (Wildman–Crippen LogP) is 4.47. The van der Waals surface area contributed by atoms with Crippen molar-refractivity contribution in [3.8, 4) is 11.4 Å². The lowest BCUT2D eigenvalue weighted by Crippen LogP contribution is -2.07. The van der Waals surface area contributed by atoms with Crippen molar-refractivity contribution in [2.45, 2.75) is 0 Å². The van der Waals surface area contributed by atoms with Gasteiger partial charge in [-0.1, -0.05) is 12.1 Å². The minimum atomic E-state index is -0.215. The fraction of sp³-hybridized carbons (Fsp3) is 0. The largest absolute Gasteiger partial charge is 0.465 e. The number of fused-ring (bicyclic) bond motifs is 1. The molecule has 25 heavy (non-hydrogen) atoms. The molecule has 0 unspecified atom stereocenters. The molecule has 2 aromatic heterocycles. The Balaban J connectivity index is 1.47. The zero-order valence-electron chi connectivity index (χ0n) is 13.3. The molecule has 122 valence electrons. The minimum absolute atomic E-state index is 0.215. The third kappa shape index (κ3) is 3.35. The van der Waals surface area contributed by atoms with E-state index in [1.165, 1.54) is 6.08 Å². The molecule has 5 heteroatoms. The Morgan fingerprint density at radius 3 is 2.64 bits per heavy atom. The second-order valence-electron chi connectivity index (χ2n) is 5.52. The number of nitrogens with zero attached hydrogens (tertiary/aromatic N) is 1. The molecule has 1 amide bonds. The zero-order valence-corrected chi connectivity index (χ0v) is 13.3. The van der Waals surface area contributed by atoms with Gasteiger partial charge in [0.1, 0.15) is 11.6 Å². The Morgan fingerprint density at radius 1 is 1.04 bits per heavy atom. The summed E-state index contributed by atoms with van der Waals surface area (Å²) in [5.74, 6) is 1.22. The van der Waals surface area contributed by atoms with Crippen LogP contribution in [0.1, 0.15) is 5.76 Å². The highest BCUT2D eigenvalue weighted by atomic mass is 16.3. The van der Waals surface area contributed by atoms with Crippen molar-refractivity contribution in [1.29, 1.82) is 0 Å². The molecule has 0 aliphatic carbocycles. The number of hydrogen-bond acceptors (Lipinski definition) is 3. The molecule has 4 rings (SSSR count). The molecule has 0 radical (unpaired) electrons. The van der Waals surface area contributed by atoms with E-state index in [0.717, 1.165) is 22.4 Å². The van der Waals surface area contributed by atoms with Crippen LogP contribution >= 0.6 is 0 Å². The van der Waals surface area contributed by atoms with Crippen molar-refractivity contribution in [1.82, 2.24) is 9.97 Å². The van der Waals surface area contributed by atoms with Gasteiger partial charge >= 0.3 is 0 Å². The molecule has 0 saturated carbocycles. The molecule has 0 spiro atoms. The van der Waals surface area contributed by atoms with Gasteiger partial charge in [0.2, 0.25) is 5.91 Å². The van der Waals surface area contributed by atoms with Gasteiger partial charge in [-0.15, -0.1) is 0 Å². The fourth-order valence-electron chi connectivity index (χ4n) is 2.53. The van der Waals surface area contributed by atoms with E-state index < -0.39 is 0 Å². The SMILES string of the molecule is O=C(/C=C/c1ccco1)Nc1ccc(-c2nc3ccccc3[nH]2)cc1. The number of imidazole rings is 1. The van der Waals surface area contributed by atoms with E-state index >= 15 is 0 Å². The summed E-state index contributed by atoms with van der Waals surface area (Å²) in [6.07, 6.45) is 4.62. The summed E-state index contributed by atoms with van der Waals surface area (Å²) in [4.78, 5) is 19.8. The molecule has 4 aromatic rings. The van der Waals surface area contributed by atoms with Crippen molar-refractivity contribution in [3.63, 3.8) is 0 Å². The van der Waals surface area contributed by atoms with Gasteiger partial charge in [0.05, 0.1) is 17.3 Å². The average Bonchev–Trinajstić information content (AvgIpc) is 3.30. The minimum Gasteiger partial charge on any atom is -0.465 e. The summed E-state index contributed by atoms with van der Waals surface area (Å²) >= 11 is 0. The summed E-state index contributed by atoms with van der Waals surface area (Å²) in [7, 11) is 0. The number of hydrogen-bond donors (Lipinski definition) is 2. The second kappa shape index (κ2) is 6.49. The molecule has 2 N–H and O–H groups in total. The molecular weight excluding hydrogens is 314 g/mol. The van der Waals surface area contributed by atoms with Crippen LogP contribution in [0.3, 0.4) is 0 Å². The molecule has 0 fully saturated rings. The quantitative estimate of drug-likeness (QED) is 0.542. The number of carbonyl (C=O) groups excluding carboxylic acids is 1. The number of benzene rings is 2. The van der Waals surface area contributed by atoms with Gasteiger partial charge in [0, 0.05) is 17.3 Å². The third-order valence-corrected chi connectivity index (χ3v) is 3.76. The first-order valence-electron chi connectivity index (χ1n) is 7.86. The van der Waals surface area contributed by atoms with Crippen molar-refractivity contribution in [2.75, 3.05) is 5.32 Å². The van der Waals surface area contributed by atoms with Gasteiger partial charge in [0.15, 0.2) is 0 Å². The van der Waals surface area contributed by atoms with E-state index in [2.05, 4.69) is 15.3 Å². The fourth-order valence-corrected chi connectivity index (χ4v) is 2.53. The molecule has 2 heterocycles. The first kappa shape index (κ1) is 15.0. The lowest BCUT2D eigenvalue weighted by atomic mass is 10.2. The summed E-state index contributed by atoms with van der Waals surface area (Å²) in [5, 5.41) is 2.81. The van der Waals surface area contributed by atoms with E-state index in [-0.39, 0.29) is 5.91 Å². The van der Waals surface area contributed by atoms with Gasteiger partial charge in [-0.05, 0) is 54.6 Å². The summed E-state index contributed by atoms with van der Waals surface area (Å²) in [6.45, 7) is 0. The van der Waals surface area contributed by atoms with Gasteiger partial charge in [0.25, 0.3) is 0 Å². The Hall–Kier alpha value is -3.60. The van der Waals surface area contributed by atoms with Gasteiger partial charge < -0.3 is 14.7 Å². The number of furan rings is 1. The maximum Gasteiger partial charge on any atom is 0.248 e. The van der Waals surface area contributed by atoms with E-state index in [1.54, 1.807) is 24.5 Å². The lowest BCUT2D eigenvalue weighted by molar-refractivity contribution is -0.111. The lowest BCUT2D eigenvalue weighted by Gasteiger charge is -2.03. The van der Waals surface area contributed by atoms with E-state index in [0.29, 0.717) is 11.4 Å². The number of amides is 1. The van der Waals surface area contributed by atoms with Crippen LogP contribution in [0.15, 0.2) is 77.4 Å². The zero-order chi connectivity index (χ0) is 17.1. The van der Waals surface area contributed by atoms with Crippen LogP contribution in [0.4, 0.5) is 5.69 Å². The number of carbonyl (C=O) groups is 1. The van der Waals surface area contributed by atoms with Crippen LogP contribution in [0.5, 0.6) is 0 Å². The second-order valence-corrected chi connectivity index (χ2v) is 5.52. The molecule has 0 atom stereocenters. The number of nitrogens with one attached hydrogen (secondary N) is 2. The van der Waals surface area contributed by atoms with Crippen molar-refractivity contribution in [2.24, 2.45) is 0 Å². The van der Waals surface area contributed by atoms with Crippen LogP contribution in [-0.4, -0.2) is 15.9 Å². The highest BCUT2D eigenvalue weighted by molar-refractivity contribution is 6.01. The number of rotatable bonds is 4. The van der Waals surface area contributed by atoms with Crippen molar-refractivity contribution >= 4 is 28.7 Å². The molecule has 0 aliphatic heterocycles. The van der Waals surface area contributed by atoms with E-state index in [1.807, 2.05) is 48.5 Å². The molecule has 5 nitrogen and oxygen atoms in total.